The van der Waals surface area contributed by atoms with Crippen molar-refractivity contribution in [1.29, 1.82) is 0 Å². The van der Waals surface area contributed by atoms with Crippen molar-refractivity contribution in [2.45, 2.75) is 0 Å². The molecule has 25 heavy (non-hydrogen) atoms. The normalized spacial score (nSPS) is 18.4. The fourth-order valence-corrected chi connectivity index (χ4v) is 2.84. The number of ether oxygens (including phenoxy) is 2. The molecule has 2 aliphatic rings. The molecule has 0 amide bonds. The maximum atomic E-state index is 9.72. The molecule has 4 rings (SSSR count). The summed E-state index contributed by atoms with van der Waals surface area (Å²) in [4.78, 5) is 22.1. The van der Waals surface area contributed by atoms with Crippen molar-refractivity contribution >= 4 is 11.9 Å². The summed E-state index contributed by atoms with van der Waals surface area (Å²) in [5.41, 5.74) is 0.659. The molecule has 2 aromatic rings. The van der Waals surface area contributed by atoms with Crippen molar-refractivity contribution < 1.29 is 14.6 Å². The quantitative estimate of drug-likeness (QED) is 0.844. The average molecular weight is 344 g/mol. The summed E-state index contributed by atoms with van der Waals surface area (Å²) in [6.07, 6.45) is 3.03. The number of morpholine rings is 2. The Morgan fingerprint density at radius 2 is 1.36 bits per heavy atom. The van der Waals surface area contributed by atoms with E-state index in [2.05, 4.69) is 29.7 Å². The number of nitrogens with zero attached hydrogens (tertiary/aromatic N) is 6. The summed E-state index contributed by atoms with van der Waals surface area (Å²) >= 11 is 0. The molecule has 0 aliphatic carbocycles. The van der Waals surface area contributed by atoms with E-state index in [-0.39, 0.29) is 5.75 Å². The average Bonchev–Trinajstić information content (AvgIpc) is 2.69. The van der Waals surface area contributed by atoms with Crippen molar-refractivity contribution in [2.75, 3.05) is 62.4 Å². The van der Waals surface area contributed by atoms with E-state index in [0.29, 0.717) is 49.7 Å². The standard InChI is InChI=1S/C16H20N6O3/c23-13-9-12(10-17-11-13)14-18-15(21-1-5-24-6-2-21)20-16(19-14)22-3-7-25-8-4-22/h9-11,23H,1-8H2. The predicted molar refractivity (Wildman–Crippen MR) is 90.8 cm³/mol. The number of anilines is 2. The molecule has 0 atom stereocenters. The highest BCUT2D eigenvalue weighted by atomic mass is 16.5. The van der Waals surface area contributed by atoms with Crippen LogP contribution in [0, 0.1) is 0 Å². The zero-order valence-corrected chi connectivity index (χ0v) is 13.8. The summed E-state index contributed by atoms with van der Waals surface area (Å²) in [6, 6.07) is 1.61. The van der Waals surface area contributed by atoms with Gasteiger partial charge in [0, 0.05) is 37.9 Å². The van der Waals surface area contributed by atoms with Crippen molar-refractivity contribution in [3.63, 3.8) is 0 Å². The van der Waals surface area contributed by atoms with E-state index in [9.17, 15) is 5.11 Å². The Hall–Kier alpha value is -2.52. The largest absolute Gasteiger partial charge is 0.506 e. The summed E-state index contributed by atoms with van der Waals surface area (Å²) < 4.78 is 10.8. The van der Waals surface area contributed by atoms with Crippen LogP contribution in [0.5, 0.6) is 5.75 Å². The van der Waals surface area contributed by atoms with Crippen molar-refractivity contribution in [3.8, 4) is 17.1 Å². The molecule has 1 N–H and O–H groups in total. The minimum Gasteiger partial charge on any atom is -0.506 e. The van der Waals surface area contributed by atoms with E-state index < -0.39 is 0 Å². The van der Waals surface area contributed by atoms with Crippen LogP contribution in [0.4, 0.5) is 11.9 Å². The second kappa shape index (κ2) is 7.16. The van der Waals surface area contributed by atoms with Crippen LogP contribution in [-0.4, -0.2) is 77.6 Å². The van der Waals surface area contributed by atoms with Crippen LogP contribution in [-0.2, 0) is 9.47 Å². The molecule has 0 spiro atoms. The zero-order valence-electron chi connectivity index (χ0n) is 13.8. The number of aromatic hydroxyl groups is 1. The monoisotopic (exact) mass is 344 g/mol. The van der Waals surface area contributed by atoms with Gasteiger partial charge in [-0.25, -0.2) is 0 Å². The van der Waals surface area contributed by atoms with Gasteiger partial charge in [0.2, 0.25) is 11.9 Å². The highest BCUT2D eigenvalue weighted by molar-refractivity contribution is 5.59. The summed E-state index contributed by atoms with van der Waals surface area (Å²) in [5.74, 6) is 1.83. The fraction of sp³-hybridized carbons (Fsp3) is 0.500. The first-order chi connectivity index (χ1) is 12.3. The molecule has 0 radical (unpaired) electrons. The van der Waals surface area contributed by atoms with Gasteiger partial charge in [0.25, 0.3) is 0 Å². The van der Waals surface area contributed by atoms with E-state index in [4.69, 9.17) is 9.47 Å². The molecule has 9 heteroatoms. The molecule has 0 bridgehead atoms. The summed E-state index contributed by atoms with van der Waals surface area (Å²) in [5, 5.41) is 9.72. The van der Waals surface area contributed by atoms with Gasteiger partial charge >= 0.3 is 0 Å². The highest BCUT2D eigenvalue weighted by Gasteiger charge is 2.21. The van der Waals surface area contributed by atoms with E-state index in [1.165, 1.54) is 6.20 Å². The number of hydrogen-bond donors (Lipinski definition) is 1. The lowest BCUT2D eigenvalue weighted by molar-refractivity contribution is 0.121. The number of pyridine rings is 1. The van der Waals surface area contributed by atoms with Crippen LogP contribution in [0.3, 0.4) is 0 Å². The van der Waals surface area contributed by atoms with Gasteiger partial charge in [-0.05, 0) is 6.07 Å². The van der Waals surface area contributed by atoms with Crippen molar-refractivity contribution in [2.24, 2.45) is 0 Å². The summed E-state index contributed by atoms with van der Waals surface area (Å²) in [7, 11) is 0. The predicted octanol–water partition coefficient (Wildman–Crippen LogP) is 0.312. The maximum absolute atomic E-state index is 9.72. The first kappa shape index (κ1) is 16.0. The van der Waals surface area contributed by atoms with Gasteiger partial charge in [-0.15, -0.1) is 0 Å². The number of aromatic nitrogens is 4. The minimum absolute atomic E-state index is 0.0822. The van der Waals surface area contributed by atoms with Crippen molar-refractivity contribution in [3.05, 3.63) is 18.5 Å². The van der Waals surface area contributed by atoms with Gasteiger partial charge < -0.3 is 24.4 Å². The van der Waals surface area contributed by atoms with Crippen molar-refractivity contribution in [1.82, 2.24) is 19.9 Å². The first-order valence-electron chi connectivity index (χ1n) is 8.35. The molecule has 9 nitrogen and oxygen atoms in total. The van der Waals surface area contributed by atoms with Gasteiger partial charge in [0.05, 0.1) is 32.6 Å². The Labute approximate surface area is 145 Å². The topological polar surface area (TPSA) is 96.7 Å². The third kappa shape index (κ3) is 3.62. The first-order valence-corrected chi connectivity index (χ1v) is 8.35. The van der Waals surface area contributed by atoms with Gasteiger partial charge in [0.1, 0.15) is 5.75 Å². The van der Waals surface area contributed by atoms with Crippen LogP contribution in [0.25, 0.3) is 11.4 Å². The lowest BCUT2D eigenvalue weighted by atomic mass is 10.2. The number of hydrogen-bond acceptors (Lipinski definition) is 9. The Morgan fingerprint density at radius 1 is 0.800 bits per heavy atom. The Kier molecular flexibility index (Phi) is 4.57. The van der Waals surface area contributed by atoms with E-state index >= 15 is 0 Å². The van der Waals surface area contributed by atoms with Crippen LogP contribution >= 0.6 is 0 Å². The molecule has 2 saturated heterocycles. The van der Waals surface area contributed by atoms with Gasteiger partial charge in [-0.1, -0.05) is 0 Å². The van der Waals surface area contributed by atoms with Crippen LogP contribution in [0.1, 0.15) is 0 Å². The lowest BCUT2D eigenvalue weighted by Crippen LogP contribution is -2.40. The van der Waals surface area contributed by atoms with E-state index in [1.807, 2.05) is 0 Å². The second-order valence-electron chi connectivity index (χ2n) is 5.89. The molecule has 2 aromatic heterocycles. The molecular weight excluding hydrogens is 324 g/mol. The highest BCUT2D eigenvalue weighted by Crippen LogP contribution is 2.24. The van der Waals surface area contributed by atoms with E-state index in [0.717, 1.165) is 26.2 Å². The SMILES string of the molecule is Oc1cncc(-c2nc(N3CCOCC3)nc(N3CCOCC3)n2)c1. The second-order valence-corrected chi connectivity index (χ2v) is 5.89. The molecule has 2 aliphatic heterocycles. The van der Waals surface area contributed by atoms with Gasteiger partial charge in [-0.3, -0.25) is 4.98 Å². The van der Waals surface area contributed by atoms with Crippen LogP contribution < -0.4 is 9.80 Å². The van der Waals surface area contributed by atoms with Crippen LogP contribution in [0.15, 0.2) is 18.5 Å². The Balaban J connectivity index is 1.73. The lowest BCUT2D eigenvalue weighted by Gasteiger charge is -2.30. The van der Waals surface area contributed by atoms with E-state index in [1.54, 1.807) is 12.3 Å². The van der Waals surface area contributed by atoms with Gasteiger partial charge in [0.15, 0.2) is 5.82 Å². The minimum atomic E-state index is 0.0822. The maximum Gasteiger partial charge on any atom is 0.230 e. The molecule has 0 saturated carbocycles. The molecule has 2 fully saturated rings. The smallest absolute Gasteiger partial charge is 0.230 e. The van der Waals surface area contributed by atoms with Gasteiger partial charge in [-0.2, -0.15) is 15.0 Å². The number of rotatable bonds is 3. The zero-order chi connectivity index (χ0) is 17.1. The third-order valence-corrected chi connectivity index (χ3v) is 4.18. The molecule has 4 heterocycles. The molecule has 132 valence electrons. The Bertz CT molecular complexity index is 695. The Morgan fingerprint density at radius 3 is 1.88 bits per heavy atom. The molecule has 0 unspecified atom stereocenters. The molecular formula is C16H20N6O3. The van der Waals surface area contributed by atoms with Crippen LogP contribution in [0.2, 0.25) is 0 Å². The fourth-order valence-electron chi connectivity index (χ4n) is 2.84. The summed E-state index contributed by atoms with van der Waals surface area (Å²) in [6.45, 7) is 5.58. The third-order valence-electron chi connectivity index (χ3n) is 4.18. The molecule has 0 aromatic carbocycles.